The third kappa shape index (κ3) is 7.88. The highest BCUT2D eigenvalue weighted by Gasteiger charge is 2.16. The van der Waals surface area contributed by atoms with E-state index in [0.717, 1.165) is 24.6 Å². The molecule has 1 aromatic rings. The summed E-state index contributed by atoms with van der Waals surface area (Å²) in [6.07, 6.45) is 2.11. The smallest absolute Gasteiger partial charge is 0.191 e. The zero-order chi connectivity index (χ0) is 18.7. The van der Waals surface area contributed by atoms with Crippen molar-refractivity contribution in [3.05, 3.63) is 23.8 Å². The van der Waals surface area contributed by atoms with Crippen molar-refractivity contribution in [3.63, 3.8) is 0 Å². The topological polar surface area (TPSA) is 75.1 Å². The van der Waals surface area contributed by atoms with Crippen LogP contribution in [0.2, 0.25) is 0 Å². The van der Waals surface area contributed by atoms with Crippen molar-refractivity contribution in [1.82, 2.24) is 10.6 Å². The van der Waals surface area contributed by atoms with Gasteiger partial charge in [0, 0.05) is 17.8 Å². The van der Waals surface area contributed by atoms with E-state index in [-0.39, 0.29) is 18.0 Å². The Hall–Kier alpha value is -1.60. The van der Waals surface area contributed by atoms with Crippen LogP contribution in [0.1, 0.15) is 26.3 Å². The third-order valence-corrected chi connectivity index (χ3v) is 4.82. The molecule has 0 unspecified atom stereocenters. The predicted octanol–water partition coefficient (Wildman–Crippen LogP) is 2.26. The van der Waals surface area contributed by atoms with E-state index < -0.39 is 0 Å². The fourth-order valence-corrected chi connectivity index (χ4v) is 2.18. The molecule has 0 bridgehead atoms. The first kappa shape index (κ1) is 21.4. The molecule has 0 aliphatic heterocycles. The number of methoxy groups -OCH3 is 1. The van der Waals surface area contributed by atoms with Gasteiger partial charge in [-0.2, -0.15) is 11.8 Å². The second-order valence-electron chi connectivity index (χ2n) is 6.07. The molecule has 7 heteroatoms. The molecule has 25 heavy (non-hydrogen) atoms. The Morgan fingerprint density at radius 2 is 2.04 bits per heavy atom. The molecule has 0 amide bonds. The van der Waals surface area contributed by atoms with Crippen molar-refractivity contribution in [2.75, 3.05) is 39.7 Å². The minimum absolute atomic E-state index is 0.0285. The highest BCUT2D eigenvalue weighted by molar-refractivity contribution is 7.99. The summed E-state index contributed by atoms with van der Waals surface area (Å²) >= 11 is 1.82. The number of nitrogens with one attached hydrogen (secondary N) is 2. The van der Waals surface area contributed by atoms with E-state index in [1.165, 1.54) is 0 Å². The molecule has 1 aromatic carbocycles. The Kier molecular flexibility index (Phi) is 9.52. The number of thioether (sulfide) groups is 1. The molecular weight excluding hydrogens is 338 g/mol. The fraction of sp³-hybridized carbons (Fsp3) is 0.611. The van der Waals surface area contributed by atoms with Crippen LogP contribution in [0.3, 0.4) is 0 Å². The summed E-state index contributed by atoms with van der Waals surface area (Å²) in [5, 5.41) is 15.5. The lowest BCUT2D eigenvalue weighted by Gasteiger charge is -2.23. The summed E-state index contributed by atoms with van der Waals surface area (Å²) in [6.45, 7) is 8.83. The second-order valence-corrected chi connectivity index (χ2v) is 7.58. The van der Waals surface area contributed by atoms with E-state index in [2.05, 4.69) is 35.7 Å². The summed E-state index contributed by atoms with van der Waals surface area (Å²) in [7, 11) is 1.60. The Balaban J connectivity index is 2.77. The average Bonchev–Trinajstić information content (AvgIpc) is 2.62. The minimum Gasteiger partial charge on any atom is -0.493 e. The average molecular weight is 370 g/mol. The SMILES string of the molecule is CCNC(=NCc1ccc(OCCO)c(OC)c1)NCC(C)(C)SC. The maximum absolute atomic E-state index is 8.87. The van der Waals surface area contributed by atoms with Crippen LogP contribution < -0.4 is 20.1 Å². The fourth-order valence-electron chi connectivity index (χ4n) is 1.97. The maximum atomic E-state index is 8.87. The number of aliphatic imine (C=N–C) groups is 1. The summed E-state index contributed by atoms with van der Waals surface area (Å²) in [5.74, 6) is 2.06. The number of rotatable bonds is 10. The van der Waals surface area contributed by atoms with Gasteiger partial charge in [0.1, 0.15) is 6.61 Å². The van der Waals surface area contributed by atoms with E-state index in [1.54, 1.807) is 7.11 Å². The first-order valence-electron chi connectivity index (χ1n) is 8.43. The lowest BCUT2D eigenvalue weighted by Crippen LogP contribution is -2.43. The van der Waals surface area contributed by atoms with Crippen molar-refractivity contribution in [1.29, 1.82) is 0 Å². The van der Waals surface area contributed by atoms with Crippen LogP contribution in [0.4, 0.5) is 0 Å². The maximum Gasteiger partial charge on any atom is 0.191 e. The summed E-state index contributed by atoms with van der Waals surface area (Å²) < 4.78 is 10.9. The van der Waals surface area contributed by atoms with E-state index >= 15 is 0 Å². The van der Waals surface area contributed by atoms with Crippen molar-refractivity contribution in [3.8, 4) is 11.5 Å². The van der Waals surface area contributed by atoms with Gasteiger partial charge in [0.05, 0.1) is 20.3 Å². The number of guanidine groups is 1. The molecular formula is C18H31N3O3S. The number of hydrogen-bond acceptors (Lipinski definition) is 5. The molecule has 0 aliphatic carbocycles. The molecule has 0 saturated heterocycles. The molecule has 142 valence electrons. The van der Waals surface area contributed by atoms with Crippen LogP contribution in [0, 0.1) is 0 Å². The van der Waals surface area contributed by atoms with E-state index in [4.69, 9.17) is 14.6 Å². The number of hydrogen-bond donors (Lipinski definition) is 3. The first-order chi connectivity index (χ1) is 12.0. The molecule has 3 N–H and O–H groups in total. The van der Waals surface area contributed by atoms with Gasteiger partial charge in [-0.25, -0.2) is 4.99 Å². The zero-order valence-corrected chi connectivity index (χ0v) is 16.7. The highest BCUT2D eigenvalue weighted by Crippen LogP contribution is 2.28. The van der Waals surface area contributed by atoms with Crippen LogP contribution in [0.25, 0.3) is 0 Å². The van der Waals surface area contributed by atoms with Crippen LogP contribution >= 0.6 is 11.8 Å². The molecule has 0 radical (unpaired) electrons. The van der Waals surface area contributed by atoms with Gasteiger partial charge in [-0.15, -0.1) is 0 Å². The quantitative estimate of drug-likeness (QED) is 0.434. The Morgan fingerprint density at radius 1 is 1.28 bits per heavy atom. The lowest BCUT2D eigenvalue weighted by atomic mass is 10.2. The molecule has 0 atom stereocenters. The van der Waals surface area contributed by atoms with Crippen LogP contribution in [0.15, 0.2) is 23.2 Å². The number of aliphatic hydroxyl groups is 1. The monoisotopic (exact) mass is 369 g/mol. The van der Waals surface area contributed by atoms with Gasteiger partial charge >= 0.3 is 0 Å². The summed E-state index contributed by atoms with van der Waals surface area (Å²) in [5.41, 5.74) is 1.02. The Bertz CT molecular complexity index is 550. The van der Waals surface area contributed by atoms with Crippen LogP contribution in [-0.4, -0.2) is 55.5 Å². The molecule has 0 heterocycles. The summed E-state index contributed by atoms with van der Waals surface area (Å²) in [4.78, 5) is 4.64. The second kappa shape index (κ2) is 11.1. The van der Waals surface area contributed by atoms with Gasteiger partial charge in [0.25, 0.3) is 0 Å². The van der Waals surface area contributed by atoms with E-state index in [1.807, 2.05) is 36.9 Å². The van der Waals surface area contributed by atoms with Gasteiger partial charge in [-0.3, -0.25) is 0 Å². The minimum atomic E-state index is -0.0285. The van der Waals surface area contributed by atoms with Gasteiger partial charge in [-0.1, -0.05) is 6.07 Å². The molecule has 0 spiro atoms. The number of nitrogens with zero attached hydrogens (tertiary/aromatic N) is 1. The van der Waals surface area contributed by atoms with Gasteiger partial charge in [0.15, 0.2) is 17.5 Å². The van der Waals surface area contributed by atoms with Crippen LogP contribution in [-0.2, 0) is 6.54 Å². The van der Waals surface area contributed by atoms with Crippen molar-refractivity contribution >= 4 is 17.7 Å². The molecule has 1 rings (SSSR count). The van der Waals surface area contributed by atoms with Gasteiger partial charge < -0.3 is 25.2 Å². The zero-order valence-electron chi connectivity index (χ0n) is 15.9. The lowest BCUT2D eigenvalue weighted by molar-refractivity contribution is 0.196. The first-order valence-corrected chi connectivity index (χ1v) is 9.66. The third-order valence-electron chi connectivity index (χ3n) is 3.57. The Morgan fingerprint density at radius 3 is 2.64 bits per heavy atom. The number of benzene rings is 1. The standard InChI is InChI=1S/C18H31N3O3S/c1-6-19-17(21-13-18(2,3)25-5)20-12-14-7-8-15(24-10-9-22)16(11-14)23-4/h7-8,11,22H,6,9-10,12-13H2,1-5H3,(H2,19,20,21). The molecule has 0 aromatic heterocycles. The van der Waals surface area contributed by atoms with Crippen molar-refractivity contribution < 1.29 is 14.6 Å². The predicted molar refractivity (Wildman–Crippen MR) is 106 cm³/mol. The molecule has 0 saturated carbocycles. The van der Waals surface area contributed by atoms with Gasteiger partial charge in [-0.05, 0) is 44.7 Å². The van der Waals surface area contributed by atoms with Crippen molar-refractivity contribution in [2.24, 2.45) is 4.99 Å². The highest BCUT2D eigenvalue weighted by atomic mass is 32.2. The van der Waals surface area contributed by atoms with E-state index in [0.29, 0.717) is 18.0 Å². The number of aliphatic hydroxyl groups excluding tert-OH is 1. The van der Waals surface area contributed by atoms with Crippen molar-refractivity contribution in [2.45, 2.75) is 32.1 Å². The molecule has 0 aliphatic rings. The largest absolute Gasteiger partial charge is 0.493 e. The molecule has 0 fully saturated rings. The summed E-state index contributed by atoms with van der Waals surface area (Å²) in [6, 6.07) is 5.70. The Labute approximate surface area is 155 Å². The van der Waals surface area contributed by atoms with Crippen LogP contribution in [0.5, 0.6) is 11.5 Å². The van der Waals surface area contributed by atoms with E-state index in [9.17, 15) is 0 Å². The number of ether oxygens (including phenoxy) is 2. The normalized spacial score (nSPS) is 12.0. The van der Waals surface area contributed by atoms with Gasteiger partial charge in [0.2, 0.25) is 0 Å². The molecule has 6 nitrogen and oxygen atoms in total.